The second kappa shape index (κ2) is 7.44. The summed E-state index contributed by atoms with van der Waals surface area (Å²) in [5.74, 6) is -0.454. The number of benzene rings is 1. The Hall–Kier alpha value is -1.35. The second-order valence-corrected chi connectivity index (χ2v) is 6.34. The molecule has 0 aliphatic carbocycles. The second-order valence-electron chi connectivity index (χ2n) is 6.07. The highest BCUT2D eigenvalue weighted by atomic mass is 35.5. The summed E-state index contributed by atoms with van der Waals surface area (Å²) >= 11 is 5.51. The molecule has 4 heteroatoms. The van der Waals surface area contributed by atoms with Crippen molar-refractivity contribution < 1.29 is 9.59 Å². The fourth-order valence-corrected chi connectivity index (χ4v) is 1.91. The Morgan fingerprint density at radius 3 is 2.30 bits per heavy atom. The zero-order valence-electron chi connectivity index (χ0n) is 12.3. The summed E-state index contributed by atoms with van der Waals surface area (Å²) in [7, 11) is 0. The van der Waals surface area contributed by atoms with Gasteiger partial charge in [-0.1, -0.05) is 51.1 Å². The first-order valence-corrected chi connectivity index (χ1v) is 7.30. The molecule has 0 radical (unpaired) electrons. The molecular weight excluding hydrogens is 274 g/mol. The lowest BCUT2D eigenvalue weighted by Crippen LogP contribution is -2.34. The molecule has 0 heterocycles. The molecule has 1 rings (SSSR count). The smallest absolute Gasteiger partial charge is 0.235 e. The molecule has 0 aliphatic heterocycles. The summed E-state index contributed by atoms with van der Waals surface area (Å²) in [5.41, 5.74) is 0.887. The molecule has 0 aliphatic rings. The van der Waals surface area contributed by atoms with Gasteiger partial charge in [0.15, 0.2) is 5.78 Å². The fraction of sp³-hybridized carbons (Fsp3) is 0.500. The quantitative estimate of drug-likeness (QED) is 0.817. The maximum absolute atomic E-state index is 12.4. The van der Waals surface area contributed by atoms with Gasteiger partial charge in [-0.2, -0.15) is 0 Å². The lowest BCUT2D eigenvalue weighted by molar-refractivity contribution is -0.127. The lowest BCUT2D eigenvalue weighted by atomic mass is 9.87. The number of carbonyl (C=O) groups is 2. The van der Waals surface area contributed by atoms with Crippen LogP contribution in [0.5, 0.6) is 0 Å². The number of carbonyl (C=O) groups excluding carboxylic acids is 2. The van der Waals surface area contributed by atoms with Crippen LogP contribution in [0.2, 0.25) is 0 Å². The number of nitrogens with one attached hydrogen (secondary N) is 1. The highest BCUT2D eigenvalue weighted by Crippen LogP contribution is 2.24. The van der Waals surface area contributed by atoms with Crippen LogP contribution in [-0.2, 0) is 9.59 Å². The van der Waals surface area contributed by atoms with Crippen molar-refractivity contribution in [1.82, 2.24) is 5.32 Å². The third kappa shape index (κ3) is 5.74. The number of hydrogen-bond acceptors (Lipinski definition) is 2. The van der Waals surface area contributed by atoms with Crippen LogP contribution in [0.1, 0.15) is 45.2 Å². The van der Waals surface area contributed by atoms with E-state index in [4.69, 9.17) is 11.6 Å². The van der Waals surface area contributed by atoms with Crippen LogP contribution in [-0.4, -0.2) is 17.6 Å². The van der Waals surface area contributed by atoms with Gasteiger partial charge in [0.1, 0.15) is 11.9 Å². The van der Waals surface area contributed by atoms with Crippen LogP contribution in [0.3, 0.4) is 0 Å². The Morgan fingerprint density at radius 1 is 1.20 bits per heavy atom. The van der Waals surface area contributed by atoms with Gasteiger partial charge in [0.2, 0.25) is 5.91 Å². The van der Waals surface area contributed by atoms with Crippen molar-refractivity contribution in [3.63, 3.8) is 0 Å². The van der Waals surface area contributed by atoms with E-state index >= 15 is 0 Å². The molecule has 1 amide bonds. The largest absolute Gasteiger partial charge is 0.341 e. The molecule has 3 nitrogen and oxygen atoms in total. The zero-order chi connectivity index (χ0) is 15.2. The van der Waals surface area contributed by atoms with E-state index in [1.54, 1.807) is 0 Å². The average molecular weight is 296 g/mol. The normalized spacial score (nSPS) is 12.8. The monoisotopic (exact) mass is 295 g/mol. The summed E-state index contributed by atoms with van der Waals surface area (Å²) in [6.45, 7) is 6.28. The number of Topliss-reactive ketones (excluding diaryl/α,β-unsaturated/α-hetero) is 1. The van der Waals surface area contributed by atoms with E-state index in [0.29, 0.717) is 6.42 Å². The van der Waals surface area contributed by atoms with Gasteiger partial charge in [-0.15, -0.1) is 11.6 Å². The number of alkyl halides is 1. The summed E-state index contributed by atoms with van der Waals surface area (Å²) in [6.07, 6.45) is 1.22. The van der Waals surface area contributed by atoms with Crippen LogP contribution < -0.4 is 5.32 Å². The standard InChI is InChI=1S/C16H22ClNO2/c1-16(2,3)10-9-13(19)15(18-14(20)11-17)12-7-5-4-6-8-12/h4-8,15H,9-11H2,1-3H3,(H,18,20). The molecule has 1 atom stereocenters. The van der Waals surface area contributed by atoms with Crippen LogP contribution in [0.4, 0.5) is 0 Å². The molecule has 20 heavy (non-hydrogen) atoms. The summed E-state index contributed by atoms with van der Waals surface area (Å²) in [4.78, 5) is 23.9. The molecule has 110 valence electrons. The number of amides is 1. The van der Waals surface area contributed by atoms with E-state index in [9.17, 15) is 9.59 Å². The van der Waals surface area contributed by atoms with Crippen molar-refractivity contribution >= 4 is 23.3 Å². The Kier molecular flexibility index (Phi) is 6.21. The van der Waals surface area contributed by atoms with Crippen LogP contribution in [0, 0.1) is 5.41 Å². The predicted octanol–water partition coefficient (Wildman–Crippen LogP) is 3.48. The molecule has 0 spiro atoms. The van der Waals surface area contributed by atoms with Crippen molar-refractivity contribution in [2.45, 2.75) is 39.7 Å². The number of halogens is 1. The summed E-state index contributed by atoms with van der Waals surface area (Å²) in [5, 5.41) is 2.70. The number of rotatable bonds is 6. The number of ketones is 1. The highest BCUT2D eigenvalue weighted by Gasteiger charge is 2.23. The van der Waals surface area contributed by atoms with Crippen LogP contribution >= 0.6 is 11.6 Å². The van der Waals surface area contributed by atoms with E-state index in [1.165, 1.54) is 0 Å². The van der Waals surface area contributed by atoms with Gasteiger partial charge in [-0.05, 0) is 17.4 Å². The molecule has 0 saturated carbocycles. The molecule has 0 bridgehead atoms. The van der Waals surface area contributed by atoms with Gasteiger partial charge in [-0.25, -0.2) is 0 Å². The minimum Gasteiger partial charge on any atom is -0.341 e. The molecule has 0 saturated heterocycles. The first-order chi connectivity index (χ1) is 9.33. The third-order valence-corrected chi connectivity index (χ3v) is 3.25. The third-order valence-electron chi connectivity index (χ3n) is 3.00. The van der Waals surface area contributed by atoms with Crippen molar-refractivity contribution in [2.75, 3.05) is 5.88 Å². The van der Waals surface area contributed by atoms with E-state index in [2.05, 4.69) is 26.1 Å². The molecular formula is C16H22ClNO2. The average Bonchev–Trinajstić information content (AvgIpc) is 2.42. The predicted molar refractivity (Wildman–Crippen MR) is 81.7 cm³/mol. The van der Waals surface area contributed by atoms with Gasteiger partial charge in [0.05, 0.1) is 0 Å². The van der Waals surface area contributed by atoms with E-state index in [-0.39, 0.29) is 23.0 Å². The van der Waals surface area contributed by atoms with Gasteiger partial charge >= 0.3 is 0 Å². The molecule has 1 aromatic carbocycles. The van der Waals surface area contributed by atoms with Gasteiger partial charge in [0, 0.05) is 6.42 Å². The maximum atomic E-state index is 12.4. The Bertz CT molecular complexity index is 451. The van der Waals surface area contributed by atoms with Gasteiger partial charge in [0.25, 0.3) is 0 Å². The van der Waals surface area contributed by atoms with Crippen molar-refractivity contribution in [1.29, 1.82) is 0 Å². The molecule has 0 fully saturated rings. The Morgan fingerprint density at radius 2 is 1.80 bits per heavy atom. The molecule has 0 aromatic heterocycles. The van der Waals surface area contributed by atoms with Gasteiger partial charge in [-0.3, -0.25) is 9.59 Å². The first kappa shape index (κ1) is 16.7. The minimum absolute atomic E-state index is 0.0181. The van der Waals surface area contributed by atoms with Crippen molar-refractivity contribution in [3.05, 3.63) is 35.9 Å². The van der Waals surface area contributed by atoms with E-state index in [0.717, 1.165) is 12.0 Å². The maximum Gasteiger partial charge on any atom is 0.235 e. The molecule has 1 N–H and O–H groups in total. The first-order valence-electron chi connectivity index (χ1n) is 6.76. The van der Waals surface area contributed by atoms with Crippen LogP contribution in [0.15, 0.2) is 30.3 Å². The SMILES string of the molecule is CC(C)(C)CCC(=O)C(NC(=O)CCl)c1ccccc1. The van der Waals surface area contributed by atoms with Gasteiger partial charge < -0.3 is 5.32 Å². The van der Waals surface area contributed by atoms with E-state index < -0.39 is 6.04 Å². The summed E-state index contributed by atoms with van der Waals surface area (Å²) < 4.78 is 0. The fourth-order valence-electron chi connectivity index (χ4n) is 1.84. The highest BCUT2D eigenvalue weighted by molar-refractivity contribution is 6.27. The van der Waals surface area contributed by atoms with Crippen molar-refractivity contribution in [3.8, 4) is 0 Å². The molecule has 1 unspecified atom stereocenters. The van der Waals surface area contributed by atoms with Crippen molar-refractivity contribution in [2.24, 2.45) is 5.41 Å². The minimum atomic E-state index is -0.607. The topological polar surface area (TPSA) is 46.2 Å². The Labute approximate surface area is 125 Å². The van der Waals surface area contributed by atoms with E-state index in [1.807, 2.05) is 30.3 Å². The molecule has 1 aromatic rings. The zero-order valence-corrected chi connectivity index (χ0v) is 13.0. The number of hydrogen-bond donors (Lipinski definition) is 1. The van der Waals surface area contributed by atoms with Crippen LogP contribution in [0.25, 0.3) is 0 Å². The Balaban J connectivity index is 2.82. The summed E-state index contributed by atoms with van der Waals surface area (Å²) in [6, 6.07) is 8.66. The lowest BCUT2D eigenvalue weighted by Gasteiger charge is -2.21.